The van der Waals surface area contributed by atoms with Crippen LogP contribution >= 0.6 is 12.4 Å². The zero-order valence-corrected chi connectivity index (χ0v) is 12.2. The standard InChI is InChI=1S/C14H23NO.ClH/c1-8-9(2)11(4)14(12(5)10(8)3)13(15)6-7-16;/h13,16H,6-7,15H2,1-5H3;1H/t13-;/m1./s1. The summed E-state index contributed by atoms with van der Waals surface area (Å²) in [6.45, 7) is 10.8. The van der Waals surface area contributed by atoms with E-state index in [4.69, 9.17) is 10.8 Å². The molecule has 1 rings (SSSR count). The van der Waals surface area contributed by atoms with Crippen LogP contribution in [0.5, 0.6) is 0 Å². The second kappa shape index (κ2) is 6.39. The fourth-order valence-electron chi connectivity index (χ4n) is 2.37. The lowest BCUT2D eigenvalue weighted by Gasteiger charge is -2.22. The van der Waals surface area contributed by atoms with Crippen LogP contribution in [0.25, 0.3) is 0 Å². The second-order valence-electron chi connectivity index (χ2n) is 4.66. The van der Waals surface area contributed by atoms with E-state index in [1.165, 1.54) is 33.4 Å². The van der Waals surface area contributed by atoms with Crippen LogP contribution in [0.15, 0.2) is 0 Å². The maximum Gasteiger partial charge on any atom is 0.0449 e. The first-order chi connectivity index (χ1) is 7.41. The van der Waals surface area contributed by atoms with Crippen molar-refractivity contribution < 1.29 is 5.11 Å². The molecule has 98 valence electrons. The molecule has 2 nitrogen and oxygen atoms in total. The van der Waals surface area contributed by atoms with Gasteiger partial charge in [-0.1, -0.05) is 0 Å². The largest absolute Gasteiger partial charge is 0.396 e. The van der Waals surface area contributed by atoms with Crippen molar-refractivity contribution in [3.05, 3.63) is 33.4 Å². The molecule has 0 aliphatic heterocycles. The van der Waals surface area contributed by atoms with Gasteiger partial charge < -0.3 is 10.8 Å². The maximum atomic E-state index is 8.99. The number of aliphatic hydroxyl groups excluding tert-OH is 1. The molecule has 0 fully saturated rings. The van der Waals surface area contributed by atoms with Crippen LogP contribution in [0.2, 0.25) is 0 Å². The van der Waals surface area contributed by atoms with Crippen LogP contribution in [0.1, 0.15) is 45.8 Å². The lowest BCUT2D eigenvalue weighted by Crippen LogP contribution is -2.17. The Labute approximate surface area is 111 Å². The van der Waals surface area contributed by atoms with E-state index in [9.17, 15) is 0 Å². The Morgan fingerprint density at radius 1 is 0.882 bits per heavy atom. The molecule has 17 heavy (non-hydrogen) atoms. The van der Waals surface area contributed by atoms with Crippen LogP contribution in [-0.4, -0.2) is 11.7 Å². The van der Waals surface area contributed by atoms with Gasteiger partial charge in [-0.05, 0) is 74.4 Å². The van der Waals surface area contributed by atoms with E-state index < -0.39 is 0 Å². The van der Waals surface area contributed by atoms with Gasteiger partial charge in [0.1, 0.15) is 0 Å². The molecule has 0 unspecified atom stereocenters. The third kappa shape index (κ3) is 3.01. The second-order valence-corrected chi connectivity index (χ2v) is 4.66. The Kier molecular flexibility index (Phi) is 6.17. The molecule has 0 heterocycles. The van der Waals surface area contributed by atoms with Gasteiger partial charge in [0.05, 0.1) is 0 Å². The van der Waals surface area contributed by atoms with E-state index in [1.807, 2.05) is 0 Å². The van der Waals surface area contributed by atoms with E-state index in [2.05, 4.69) is 34.6 Å². The average Bonchev–Trinajstić information content (AvgIpc) is 2.24. The van der Waals surface area contributed by atoms with Crippen molar-refractivity contribution in [3.8, 4) is 0 Å². The molecule has 0 saturated heterocycles. The molecule has 3 heteroatoms. The van der Waals surface area contributed by atoms with Gasteiger partial charge in [0.15, 0.2) is 0 Å². The van der Waals surface area contributed by atoms with Crippen molar-refractivity contribution >= 4 is 12.4 Å². The smallest absolute Gasteiger partial charge is 0.0449 e. The number of rotatable bonds is 3. The van der Waals surface area contributed by atoms with Gasteiger partial charge in [0, 0.05) is 12.6 Å². The number of aliphatic hydroxyl groups is 1. The molecule has 0 aromatic heterocycles. The Balaban J connectivity index is 0.00000256. The minimum Gasteiger partial charge on any atom is -0.396 e. The van der Waals surface area contributed by atoms with E-state index in [0.29, 0.717) is 6.42 Å². The molecule has 0 aliphatic rings. The number of benzene rings is 1. The lowest BCUT2D eigenvalue weighted by molar-refractivity contribution is 0.276. The number of hydrogen-bond donors (Lipinski definition) is 2. The molecular weight excluding hydrogens is 234 g/mol. The highest BCUT2D eigenvalue weighted by atomic mass is 35.5. The maximum absolute atomic E-state index is 8.99. The Bertz CT molecular complexity index is 373. The molecular formula is C14H24ClNO. The molecule has 1 atom stereocenters. The first kappa shape index (κ1) is 16.4. The number of nitrogens with two attached hydrogens (primary N) is 1. The van der Waals surface area contributed by atoms with Crippen LogP contribution in [-0.2, 0) is 0 Å². The van der Waals surface area contributed by atoms with Crippen molar-refractivity contribution in [2.75, 3.05) is 6.61 Å². The SMILES string of the molecule is Cc1c(C)c(C)c([C@H](N)CCO)c(C)c1C.Cl. The van der Waals surface area contributed by atoms with Crippen molar-refractivity contribution in [1.29, 1.82) is 0 Å². The van der Waals surface area contributed by atoms with Gasteiger partial charge in [-0.3, -0.25) is 0 Å². The molecule has 0 saturated carbocycles. The third-order valence-corrected chi connectivity index (χ3v) is 3.87. The van der Waals surface area contributed by atoms with Gasteiger partial charge >= 0.3 is 0 Å². The van der Waals surface area contributed by atoms with Gasteiger partial charge in [-0.2, -0.15) is 0 Å². The Morgan fingerprint density at radius 2 is 1.24 bits per heavy atom. The van der Waals surface area contributed by atoms with Gasteiger partial charge in [-0.15, -0.1) is 12.4 Å². The van der Waals surface area contributed by atoms with Gasteiger partial charge in [-0.25, -0.2) is 0 Å². The molecule has 0 amide bonds. The van der Waals surface area contributed by atoms with Crippen LogP contribution in [0, 0.1) is 34.6 Å². The molecule has 0 spiro atoms. The summed E-state index contributed by atoms with van der Waals surface area (Å²) in [5.41, 5.74) is 13.9. The zero-order chi connectivity index (χ0) is 12.5. The summed E-state index contributed by atoms with van der Waals surface area (Å²) in [5.74, 6) is 0. The fourth-order valence-corrected chi connectivity index (χ4v) is 2.37. The summed E-state index contributed by atoms with van der Waals surface area (Å²) in [6.07, 6.45) is 0.629. The highest BCUT2D eigenvalue weighted by Crippen LogP contribution is 2.30. The van der Waals surface area contributed by atoms with Crippen molar-refractivity contribution in [2.45, 2.75) is 47.1 Å². The summed E-state index contributed by atoms with van der Waals surface area (Å²) >= 11 is 0. The van der Waals surface area contributed by atoms with E-state index in [1.54, 1.807) is 0 Å². The minimum absolute atomic E-state index is 0. The summed E-state index contributed by atoms with van der Waals surface area (Å²) in [7, 11) is 0. The topological polar surface area (TPSA) is 46.2 Å². The quantitative estimate of drug-likeness (QED) is 0.874. The molecule has 1 aromatic rings. The molecule has 0 radical (unpaired) electrons. The van der Waals surface area contributed by atoms with Gasteiger partial charge in [0.2, 0.25) is 0 Å². The van der Waals surface area contributed by atoms with Crippen LogP contribution < -0.4 is 5.73 Å². The van der Waals surface area contributed by atoms with Crippen LogP contribution in [0.3, 0.4) is 0 Å². The van der Waals surface area contributed by atoms with E-state index >= 15 is 0 Å². The monoisotopic (exact) mass is 257 g/mol. The summed E-state index contributed by atoms with van der Waals surface area (Å²) in [6, 6.07) is -0.0528. The molecule has 0 aliphatic carbocycles. The first-order valence-corrected chi connectivity index (χ1v) is 5.85. The minimum atomic E-state index is -0.0528. The highest BCUT2D eigenvalue weighted by Gasteiger charge is 2.16. The Hall–Kier alpha value is -0.570. The van der Waals surface area contributed by atoms with Crippen LogP contribution in [0.4, 0.5) is 0 Å². The lowest BCUT2D eigenvalue weighted by atomic mass is 9.86. The normalized spacial score (nSPS) is 12.2. The van der Waals surface area contributed by atoms with E-state index in [0.717, 1.165) is 0 Å². The number of hydrogen-bond acceptors (Lipinski definition) is 2. The van der Waals surface area contributed by atoms with Crippen molar-refractivity contribution in [2.24, 2.45) is 5.73 Å². The Morgan fingerprint density at radius 3 is 1.59 bits per heavy atom. The summed E-state index contributed by atoms with van der Waals surface area (Å²) in [5, 5.41) is 8.99. The highest BCUT2D eigenvalue weighted by molar-refractivity contribution is 5.85. The van der Waals surface area contributed by atoms with E-state index in [-0.39, 0.29) is 25.1 Å². The number of halogens is 1. The molecule has 0 bridgehead atoms. The third-order valence-electron chi connectivity index (χ3n) is 3.87. The fraction of sp³-hybridized carbons (Fsp3) is 0.571. The van der Waals surface area contributed by atoms with Crippen molar-refractivity contribution in [1.82, 2.24) is 0 Å². The van der Waals surface area contributed by atoms with Crippen molar-refractivity contribution in [3.63, 3.8) is 0 Å². The molecule has 1 aromatic carbocycles. The predicted molar refractivity (Wildman–Crippen MR) is 76.0 cm³/mol. The predicted octanol–water partition coefficient (Wildman–Crippen LogP) is 3.03. The van der Waals surface area contributed by atoms with Gasteiger partial charge in [0.25, 0.3) is 0 Å². The first-order valence-electron chi connectivity index (χ1n) is 5.85. The average molecular weight is 258 g/mol. The summed E-state index contributed by atoms with van der Waals surface area (Å²) in [4.78, 5) is 0. The molecule has 3 N–H and O–H groups in total. The summed E-state index contributed by atoms with van der Waals surface area (Å²) < 4.78 is 0. The zero-order valence-electron chi connectivity index (χ0n) is 11.4.